The number of esters is 1. The van der Waals surface area contributed by atoms with Crippen molar-refractivity contribution >= 4 is 22.6 Å². The first-order valence-corrected chi connectivity index (χ1v) is 13.7. The number of hydrogen-bond acceptors (Lipinski definition) is 4. The molecule has 6 heteroatoms. The molecule has 37 heavy (non-hydrogen) atoms. The zero-order chi connectivity index (χ0) is 26.0. The molecule has 2 aromatic carbocycles. The molecule has 1 fully saturated rings. The van der Waals surface area contributed by atoms with Crippen molar-refractivity contribution in [2.45, 2.75) is 58.0 Å². The van der Waals surface area contributed by atoms with Crippen LogP contribution < -0.4 is 0 Å². The van der Waals surface area contributed by atoms with Crippen LogP contribution in [-0.4, -0.2) is 46.6 Å². The highest BCUT2D eigenvalue weighted by Crippen LogP contribution is 2.53. The van der Waals surface area contributed by atoms with Gasteiger partial charge in [-0.15, -0.1) is 0 Å². The largest absolute Gasteiger partial charge is 0.458 e. The second-order valence-corrected chi connectivity index (χ2v) is 11.2. The number of nitrogens with one attached hydrogen (secondary N) is 1. The molecule has 0 amide bonds. The minimum Gasteiger partial charge on any atom is -0.458 e. The highest BCUT2D eigenvalue weighted by Gasteiger charge is 2.50. The first-order chi connectivity index (χ1) is 17.8. The highest BCUT2D eigenvalue weighted by atomic mass is 19.1. The molecular formula is C31H38FN3O2. The van der Waals surface area contributed by atoms with Gasteiger partial charge in [0.15, 0.2) is 0 Å². The number of fused-ring (bicyclic) bond motifs is 3. The van der Waals surface area contributed by atoms with Crippen LogP contribution in [0.4, 0.5) is 4.39 Å². The quantitative estimate of drug-likeness (QED) is 0.325. The second-order valence-electron chi connectivity index (χ2n) is 11.2. The molecule has 6 rings (SSSR count). The van der Waals surface area contributed by atoms with Gasteiger partial charge in [-0.25, -0.2) is 9.37 Å². The van der Waals surface area contributed by atoms with Gasteiger partial charge in [-0.1, -0.05) is 44.2 Å². The molecule has 1 aromatic heterocycles. The van der Waals surface area contributed by atoms with Crippen LogP contribution in [-0.2, 0) is 16.0 Å². The fourth-order valence-electron chi connectivity index (χ4n) is 6.05. The minimum absolute atomic E-state index is 0.114. The first-order valence-electron chi connectivity index (χ1n) is 13.7. The lowest BCUT2D eigenvalue weighted by Gasteiger charge is -2.50. The second kappa shape index (κ2) is 10.8. The van der Waals surface area contributed by atoms with Crippen molar-refractivity contribution in [1.29, 1.82) is 0 Å². The van der Waals surface area contributed by atoms with Crippen LogP contribution in [0, 0.1) is 23.6 Å². The topological polar surface area (TPSA) is 58.2 Å². The summed E-state index contributed by atoms with van der Waals surface area (Å²) in [5, 5.41) is 0. The Kier molecular flexibility index (Phi) is 7.47. The number of carbonyl (C=O) groups excluding carboxylic acids is 1. The van der Waals surface area contributed by atoms with E-state index >= 15 is 0 Å². The number of aromatic amines is 1. The number of benzene rings is 2. The maximum Gasteiger partial charge on any atom is 0.308 e. The summed E-state index contributed by atoms with van der Waals surface area (Å²) in [4.78, 5) is 23.3. The Morgan fingerprint density at radius 1 is 1.16 bits per heavy atom. The van der Waals surface area contributed by atoms with E-state index in [0.29, 0.717) is 5.92 Å². The maximum atomic E-state index is 13.5. The maximum absolute atomic E-state index is 13.5. The van der Waals surface area contributed by atoms with E-state index < -0.39 is 5.60 Å². The molecule has 196 valence electrons. The number of allylic oxidation sites excluding steroid dienone is 1. The Morgan fingerprint density at radius 3 is 2.65 bits per heavy atom. The van der Waals surface area contributed by atoms with Crippen LogP contribution in [0.15, 0.2) is 54.6 Å². The predicted molar refractivity (Wildman–Crippen MR) is 145 cm³/mol. The van der Waals surface area contributed by atoms with E-state index in [-0.39, 0.29) is 23.6 Å². The van der Waals surface area contributed by atoms with Crippen molar-refractivity contribution in [3.63, 3.8) is 0 Å². The van der Waals surface area contributed by atoms with Crippen molar-refractivity contribution in [3.05, 3.63) is 71.8 Å². The lowest BCUT2D eigenvalue weighted by molar-refractivity contribution is -0.176. The number of halogens is 1. The molecule has 1 N–H and O–H groups in total. The van der Waals surface area contributed by atoms with Crippen LogP contribution in [0.5, 0.6) is 0 Å². The first kappa shape index (κ1) is 25.7. The molecule has 1 saturated carbocycles. The number of ether oxygens (including phenoxy) is 1. The molecule has 5 nitrogen and oxygen atoms in total. The zero-order valence-electron chi connectivity index (χ0n) is 22.2. The number of H-pyrrole nitrogens is 1. The molecule has 3 aromatic rings. The smallest absolute Gasteiger partial charge is 0.308 e. The van der Waals surface area contributed by atoms with Gasteiger partial charge in [0, 0.05) is 25.3 Å². The van der Waals surface area contributed by atoms with Gasteiger partial charge in [-0.3, -0.25) is 4.79 Å². The number of carbonyl (C=O) groups is 1. The van der Waals surface area contributed by atoms with Gasteiger partial charge >= 0.3 is 5.97 Å². The number of para-hydroxylation sites is 2. The molecule has 0 spiro atoms. The van der Waals surface area contributed by atoms with Crippen molar-refractivity contribution in [3.8, 4) is 0 Å². The molecule has 3 atom stereocenters. The number of nitrogens with zero attached hydrogens (tertiary/aromatic N) is 2. The molecular weight excluding hydrogens is 465 g/mol. The molecule has 3 aliphatic carbocycles. The van der Waals surface area contributed by atoms with Gasteiger partial charge in [0.1, 0.15) is 17.2 Å². The Bertz CT molecular complexity index is 1230. The Hall–Kier alpha value is -2.99. The summed E-state index contributed by atoms with van der Waals surface area (Å²) in [6.45, 7) is 5.63. The minimum atomic E-state index is -0.471. The average molecular weight is 504 g/mol. The van der Waals surface area contributed by atoms with Gasteiger partial charge in [0.2, 0.25) is 0 Å². The van der Waals surface area contributed by atoms with Gasteiger partial charge in [0.05, 0.1) is 17.0 Å². The van der Waals surface area contributed by atoms with E-state index in [4.69, 9.17) is 9.72 Å². The monoisotopic (exact) mass is 503 g/mol. The van der Waals surface area contributed by atoms with Crippen LogP contribution in [0.1, 0.15) is 57.3 Å². The fourth-order valence-corrected chi connectivity index (χ4v) is 6.05. The summed E-state index contributed by atoms with van der Waals surface area (Å²) in [5.74, 6) is 1.06. The normalized spacial score (nSPS) is 23.1. The Labute approximate surface area is 219 Å². The van der Waals surface area contributed by atoms with E-state index in [9.17, 15) is 9.18 Å². The standard InChI is InChI=1S/C31H38FN3O2/c1-21(2)30(36)37-31(20-23-10-13-24(31)19-26(23)22-11-14-25(32)15-12-22)16-18-35(3)17-6-9-29-33-27-7-4-5-8-28(27)34-29/h4-5,7-8,11-12,14-15,19,21,23-24H,6,9-10,13,16-18,20H2,1-3H3,(H,33,34)/t23-,24-,31+/m0/s1. The van der Waals surface area contributed by atoms with E-state index in [0.717, 1.165) is 74.0 Å². The number of hydrogen-bond donors (Lipinski definition) is 1. The molecule has 0 aliphatic heterocycles. The van der Waals surface area contributed by atoms with Crippen molar-refractivity contribution in [2.75, 3.05) is 20.1 Å². The summed E-state index contributed by atoms with van der Waals surface area (Å²) < 4.78 is 19.9. The van der Waals surface area contributed by atoms with E-state index in [1.165, 1.54) is 17.7 Å². The number of rotatable bonds is 10. The summed E-state index contributed by atoms with van der Waals surface area (Å²) in [6.07, 6.45) is 8.00. The van der Waals surface area contributed by atoms with Crippen LogP contribution in [0.3, 0.4) is 0 Å². The molecule has 0 saturated heterocycles. The molecule has 2 bridgehead atoms. The van der Waals surface area contributed by atoms with Crippen LogP contribution in [0.25, 0.3) is 16.6 Å². The van der Waals surface area contributed by atoms with Gasteiger partial charge in [-0.2, -0.15) is 0 Å². The van der Waals surface area contributed by atoms with Crippen LogP contribution in [0.2, 0.25) is 0 Å². The number of aryl methyl sites for hydroxylation is 1. The van der Waals surface area contributed by atoms with Gasteiger partial charge in [0.25, 0.3) is 0 Å². The summed E-state index contributed by atoms with van der Waals surface area (Å²) in [5.41, 5.74) is 4.00. The molecule has 1 heterocycles. The third kappa shape index (κ3) is 5.64. The van der Waals surface area contributed by atoms with E-state index in [1.54, 1.807) is 0 Å². The van der Waals surface area contributed by atoms with Crippen molar-refractivity contribution < 1.29 is 13.9 Å². The van der Waals surface area contributed by atoms with E-state index in [1.807, 2.05) is 44.2 Å². The molecule has 3 aliphatic rings. The third-order valence-corrected chi connectivity index (χ3v) is 8.18. The summed E-state index contributed by atoms with van der Waals surface area (Å²) in [6, 6.07) is 14.9. The lowest BCUT2D eigenvalue weighted by Crippen LogP contribution is -2.51. The van der Waals surface area contributed by atoms with Gasteiger partial charge < -0.3 is 14.6 Å². The number of aromatic nitrogens is 2. The number of imidazole rings is 1. The zero-order valence-corrected chi connectivity index (χ0v) is 22.2. The molecule has 0 unspecified atom stereocenters. The van der Waals surface area contributed by atoms with Crippen molar-refractivity contribution in [1.82, 2.24) is 14.9 Å². The van der Waals surface area contributed by atoms with E-state index in [2.05, 4.69) is 29.1 Å². The highest BCUT2D eigenvalue weighted by molar-refractivity contribution is 5.75. The summed E-state index contributed by atoms with van der Waals surface area (Å²) >= 11 is 0. The van der Waals surface area contributed by atoms with Crippen molar-refractivity contribution in [2.24, 2.45) is 17.8 Å². The lowest BCUT2D eigenvalue weighted by atomic mass is 9.60. The SMILES string of the molecule is CC(C)C(=O)O[C@]1(CCN(C)CCCc2nc3ccccc3[nH]2)C[C@@H]2CC[C@H]1C=C2c1ccc(F)cc1. The molecule has 0 radical (unpaired) electrons. The Morgan fingerprint density at radius 2 is 1.95 bits per heavy atom. The third-order valence-electron chi connectivity index (χ3n) is 8.18. The summed E-state index contributed by atoms with van der Waals surface area (Å²) in [7, 11) is 2.15. The van der Waals surface area contributed by atoms with Gasteiger partial charge in [-0.05, 0) is 80.6 Å². The average Bonchev–Trinajstić information content (AvgIpc) is 3.31. The fraction of sp³-hybridized carbons (Fsp3) is 0.484. The predicted octanol–water partition coefficient (Wildman–Crippen LogP) is 6.41. The Balaban J connectivity index is 1.24. The van der Waals surface area contributed by atoms with Crippen LogP contribution >= 0.6 is 0 Å².